The lowest BCUT2D eigenvalue weighted by atomic mass is 10.2. The van der Waals surface area contributed by atoms with Crippen molar-refractivity contribution in [3.8, 4) is 0 Å². The van der Waals surface area contributed by atoms with Gasteiger partial charge in [0.1, 0.15) is 6.54 Å². The maximum absolute atomic E-state index is 13.9. The second-order valence-electron chi connectivity index (χ2n) is 5.09. The second-order valence-corrected chi connectivity index (χ2v) is 5.09. The van der Waals surface area contributed by atoms with Crippen LogP contribution in [-0.4, -0.2) is 25.4 Å². The number of likely N-dealkylation sites (N-methyl/N-ethyl adjacent to an activating group) is 1. The average Bonchev–Trinajstić information content (AvgIpc) is 2.58. The van der Waals surface area contributed by atoms with Crippen LogP contribution in [0.3, 0.4) is 0 Å². The predicted molar refractivity (Wildman–Crippen MR) is 84.2 cm³/mol. The molecule has 2 aromatic carbocycles. The summed E-state index contributed by atoms with van der Waals surface area (Å²) in [4.78, 5) is 26.1. The van der Waals surface area contributed by atoms with Crippen molar-refractivity contribution in [2.24, 2.45) is 0 Å². The molecule has 24 heavy (non-hydrogen) atoms. The zero-order valence-electron chi connectivity index (χ0n) is 13.1. The molecule has 0 saturated carbocycles. The molecule has 0 radical (unpaired) electrons. The molecule has 0 atom stereocenters. The van der Waals surface area contributed by atoms with Crippen LogP contribution in [0.15, 0.2) is 42.5 Å². The molecular weight excluding hydrogens is 321 g/mol. The highest BCUT2D eigenvalue weighted by Gasteiger charge is 2.24. The van der Waals surface area contributed by atoms with Gasteiger partial charge in [0, 0.05) is 19.7 Å². The molecule has 0 unspecified atom stereocenters. The number of rotatable bonds is 4. The molecule has 0 spiro atoms. The van der Waals surface area contributed by atoms with E-state index in [2.05, 4.69) is 0 Å². The highest BCUT2D eigenvalue weighted by molar-refractivity contribution is 6.02. The molecule has 0 aliphatic heterocycles. The fourth-order valence-corrected chi connectivity index (χ4v) is 2.13. The van der Waals surface area contributed by atoms with E-state index < -0.39 is 41.5 Å². The van der Waals surface area contributed by atoms with Gasteiger partial charge >= 0.3 is 0 Å². The molecule has 0 heterocycles. The topological polar surface area (TPSA) is 40.6 Å². The first kappa shape index (κ1) is 17.5. The number of halogens is 3. The van der Waals surface area contributed by atoms with Gasteiger partial charge in [-0.15, -0.1) is 0 Å². The zero-order chi connectivity index (χ0) is 17.9. The maximum Gasteiger partial charge on any atom is 0.246 e. The fourth-order valence-electron chi connectivity index (χ4n) is 2.13. The van der Waals surface area contributed by atoms with E-state index in [1.807, 2.05) is 0 Å². The Morgan fingerprint density at radius 2 is 1.58 bits per heavy atom. The first-order chi connectivity index (χ1) is 11.3. The van der Waals surface area contributed by atoms with E-state index in [1.54, 1.807) is 30.3 Å². The Labute approximate surface area is 137 Å². The van der Waals surface area contributed by atoms with Crippen molar-refractivity contribution >= 4 is 23.2 Å². The van der Waals surface area contributed by atoms with Crippen LogP contribution in [-0.2, 0) is 9.59 Å². The average molecular weight is 336 g/mol. The van der Waals surface area contributed by atoms with E-state index in [-0.39, 0.29) is 0 Å². The summed E-state index contributed by atoms with van der Waals surface area (Å²) in [5.74, 6) is -5.76. The van der Waals surface area contributed by atoms with Gasteiger partial charge in [-0.2, -0.15) is 0 Å². The van der Waals surface area contributed by atoms with Gasteiger partial charge in [-0.1, -0.05) is 18.2 Å². The van der Waals surface area contributed by atoms with Crippen LogP contribution < -0.4 is 9.80 Å². The summed E-state index contributed by atoms with van der Waals surface area (Å²) in [5, 5.41) is 0. The minimum absolute atomic E-state index is 0.490. The number of benzene rings is 2. The molecule has 0 bridgehead atoms. The molecule has 4 nitrogen and oxygen atoms in total. The van der Waals surface area contributed by atoms with Gasteiger partial charge in [-0.05, 0) is 24.3 Å². The van der Waals surface area contributed by atoms with Gasteiger partial charge in [0.05, 0.1) is 5.69 Å². The van der Waals surface area contributed by atoms with E-state index in [1.165, 1.54) is 11.9 Å². The molecule has 126 valence electrons. The van der Waals surface area contributed by atoms with Crippen LogP contribution in [0.4, 0.5) is 24.5 Å². The molecule has 2 amide bonds. The summed E-state index contributed by atoms with van der Waals surface area (Å²) in [6.07, 6.45) is 0. The Hall–Kier alpha value is -2.83. The number of nitrogens with zero attached hydrogens (tertiary/aromatic N) is 2. The Morgan fingerprint density at radius 1 is 0.958 bits per heavy atom. The van der Waals surface area contributed by atoms with Crippen LogP contribution in [0.25, 0.3) is 0 Å². The summed E-state index contributed by atoms with van der Waals surface area (Å²) in [5.41, 5.74) is 0.0907. The highest BCUT2D eigenvalue weighted by atomic mass is 19.2. The van der Waals surface area contributed by atoms with E-state index >= 15 is 0 Å². The SMILES string of the molecule is CC(=O)N(CC(=O)N(C)c1ccccc1)c1ccc(F)c(F)c1F. The largest absolute Gasteiger partial charge is 0.314 e. The first-order valence-corrected chi connectivity index (χ1v) is 7.06. The third-order valence-electron chi connectivity index (χ3n) is 3.50. The van der Waals surface area contributed by atoms with Gasteiger partial charge in [0.2, 0.25) is 11.8 Å². The Bertz CT molecular complexity index is 766. The zero-order valence-corrected chi connectivity index (χ0v) is 13.1. The molecular formula is C17H15F3N2O2. The Balaban J connectivity index is 2.28. The highest BCUT2D eigenvalue weighted by Crippen LogP contribution is 2.24. The summed E-state index contributed by atoms with van der Waals surface area (Å²) in [6.45, 7) is 0.596. The molecule has 0 aliphatic rings. The van der Waals surface area contributed by atoms with Gasteiger partial charge < -0.3 is 9.80 Å². The van der Waals surface area contributed by atoms with E-state index in [9.17, 15) is 22.8 Å². The molecule has 2 rings (SSSR count). The number of carbonyl (C=O) groups excluding carboxylic acids is 2. The second kappa shape index (κ2) is 7.16. The molecule has 7 heteroatoms. The minimum Gasteiger partial charge on any atom is -0.314 e. The van der Waals surface area contributed by atoms with Crippen molar-refractivity contribution < 1.29 is 22.8 Å². The number of hydrogen-bond acceptors (Lipinski definition) is 2. The number of hydrogen-bond donors (Lipinski definition) is 0. The van der Waals surface area contributed by atoms with Crippen LogP contribution in [0.2, 0.25) is 0 Å². The third kappa shape index (κ3) is 3.56. The monoisotopic (exact) mass is 336 g/mol. The van der Waals surface area contributed by atoms with Gasteiger partial charge in [-0.3, -0.25) is 9.59 Å². The predicted octanol–water partition coefficient (Wildman–Crippen LogP) is 3.12. The molecule has 2 aromatic rings. The number of para-hydroxylation sites is 1. The van der Waals surface area contributed by atoms with Crippen molar-refractivity contribution in [2.75, 3.05) is 23.4 Å². The lowest BCUT2D eigenvalue weighted by Crippen LogP contribution is -2.41. The minimum atomic E-state index is -1.69. The fraction of sp³-hybridized carbons (Fsp3) is 0.176. The molecule has 0 aromatic heterocycles. The smallest absolute Gasteiger partial charge is 0.246 e. The Morgan fingerprint density at radius 3 is 2.17 bits per heavy atom. The summed E-state index contributed by atoms with van der Waals surface area (Å²) in [6, 6.07) is 10.2. The molecule has 0 fully saturated rings. The number of anilines is 2. The van der Waals surface area contributed by atoms with Crippen LogP contribution in [0.5, 0.6) is 0 Å². The van der Waals surface area contributed by atoms with Crippen molar-refractivity contribution in [3.05, 3.63) is 59.9 Å². The van der Waals surface area contributed by atoms with Crippen molar-refractivity contribution in [3.63, 3.8) is 0 Å². The summed E-state index contributed by atoms with van der Waals surface area (Å²) in [7, 11) is 1.50. The van der Waals surface area contributed by atoms with E-state index in [4.69, 9.17) is 0 Å². The molecule has 0 saturated heterocycles. The van der Waals surface area contributed by atoms with Crippen molar-refractivity contribution in [1.29, 1.82) is 0 Å². The quantitative estimate of drug-likeness (QED) is 0.805. The van der Waals surface area contributed by atoms with Crippen molar-refractivity contribution in [1.82, 2.24) is 0 Å². The Kier molecular flexibility index (Phi) is 5.23. The maximum atomic E-state index is 13.9. The number of carbonyl (C=O) groups is 2. The van der Waals surface area contributed by atoms with E-state index in [0.717, 1.165) is 17.9 Å². The normalized spacial score (nSPS) is 10.4. The standard InChI is InChI=1S/C17H15F3N2O2/c1-11(23)22(14-9-8-13(18)16(19)17(14)20)10-15(24)21(2)12-6-4-3-5-7-12/h3-9H,10H2,1-2H3. The third-order valence-corrected chi connectivity index (χ3v) is 3.50. The van der Waals surface area contributed by atoms with Gasteiger partial charge in [0.25, 0.3) is 0 Å². The van der Waals surface area contributed by atoms with Crippen molar-refractivity contribution in [2.45, 2.75) is 6.92 Å². The number of amides is 2. The van der Waals surface area contributed by atoms with Gasteiger partial charge in [-0.25, -0.2) is 13.2 Å². The van der Waals surface area contributed by atoms with Crippen LogP contribution >= 0.6 is 0 Å². The van der Waals surface area contributed by atoms with Crippen LogP contribution in [0.1, 0.15) is 6.92 Å². The van der Waals surface area contributed by atoms with Gasteiger partial charge in [0.15, 0.2) is 17.5 Å². The van der Waals surface area contributed by atoms with Crippen LogP contribution in [0, 0.1) is 17.5 Å². The molecule has 0 N–H and O–H groups in total. The molecule has 0 aliphatic carbocycles. The lowest BCUT2D eigenvalue weighted by Gasteiger charge is -2.25. The summed E-state index contributed by atoms with van der Waals surface area (Å²) >= 11 is 0. The summed E-state index contributed by atoms with van der Waals surface area (Å²) < 4.78 is 40.3. The first-order valence-electron chi connectivity index (χ1n) is 7.06. The lowest BCUT2D eigenvalue weighted by molar-refractivity contribution is -0.121. The van der Waals surface area contributed by atoms with E-state index in [0.29, 0.717) is 11.8 Å².